The number of rotatable bonds is 3. The zero-order valence-corrected chi connectivity index (χ0v) is 16.3. The number of morpholine rings is 1. The number of hydrogen-bond donors (Lipinski definition) is 1. The molecule has 0 radical (unpaired) electrons. The van der Waals surface area contributed by atoms with E-state index in [2.05, 4.69) is 40.0 Å². The van der Waals surface area contributed by atoms with Crippen molar-refractivity contribution in [2.45, 2.75) is 32.1 Å². The molecule has 2 aromatic rings. The molecule has 0 unspecified atom stereocenters. The van der Waals surface area contributed by atoms with E-state index in [1.807, 2.05) is 24.3 Å². The van der Waals surface area contributed by atoms with Crippen LogP contribution in [0.3, 0.4) is 0 Å². The molecule has 3 heterocycles. The molecular formula is C21H25N5O2. The molecule has 0 bridgehead atoms. The molecule has 2 saturated heterocycles. The zero-order chi connectivity index (χ0) is 19.7. The third kappa shape index (κ3) is 3.66. The van der Waals surface area contributed by atoms with Gasteiger partial charge < -0.3 is 15.0 Å². The maximum atomic E-state index is 11.8. The topological polar surface area (TPSA) is 81.5 Å². The molecule has 2 fully saturated rings. The Morgan fingerprint density at radius 1 is 1.32 bits per heavy atom. The first-order valence-corrected chi connectivity index (χ1v) is 9.74. The van der Waals surface area contributed by atoms with Crippen molar-refractivity contribution in [2.24, 2.45) is 0 Å². The zero-order valence-electron chi connectivity index (χ0n) is 16.3. The van der Waals surface area contributed by atoms with E-state index < -0.39 is 0 Å². The number of nitrogens with one attached hydrogen (secondary N) is 1. The normalized spacial score (nSPS) is 26.1. The largest absolute Gasteiger partial charge is 0.370 e. The van der Waals surface area contributed by atoms with E-state index in [9.17, 15) is 10.1 Å². The van der Waals surface area contributed by atoms with Gasteiger partial charge in [0.1, 0.15) is 6.07 Å². The number of benzene rings is 1. The van der Waals surface area contributed by atoms with E-state index in [0.29, 0.717) is 24.7 Å². The number of pyridine rings is 1. The van der Waals surface area contributed by atoms with Crippen LogP contribution in [-0.4, -0.2) is 66.8 Å². The number of ether oxygens (including phenoxy) is 1. The molecule has 1 N–H and O–H groups in total. The third-order valence-electron chi connectivity index (χ3n) is 5.54. The Morgan fingerprint density at radius 2 is 2.18 bits per heavy atom. The van der Waals surface area contributed by atoms with Gasteiger partial charge in [0.05, 0.1) is 29.8 Å². The van der Waals surface area contributed by atoms with Gasteiger partial charge in [0, 0.05) is 49.5 Å². The van der Waals surface area contributed by atoms with Crippen LogP contribution < -0.4 is 10.2 Å². The number of hydrogen-bond acceptors (Lipinski definition) is 6. The van der Waals surface area contributed by atoms with Crippen LogP contribution in [0.2, 0.25) is 0 Å². The summed E-state index contributed by atoms with van der Waals surface area (Å²) in [5.74, 6) is 0.0722. The highest BCUT2D eigenvalue weighted by molar-refractivity contribution is 5.95. The van der Waals surface area contributed by atoms with Gasteiger partial charge in [-0.3, -0.25) is 14.7 Å². The van der Waals surface area contributed by atoms with Crippen molar-refractivity contribution in [3.05, 3.63) is 36.0 Å². The fourth-order valence-electron chi connectivity index (χ4n) is 4.16. The van der Waals surface area contributed by atoms with Crippen LogP contribution in [0.4, 0.5) is 5.69 Å². The minimum atomic E-state index is 0.0134. The van der Waals surface area contributed by atoms with Gasteiger partial charge >= 0.3 is 0 Å². The van der Waals surface area contributed by atoms with Gasteiger partial charge in [-0.05, 0) is 38.1 Å². The first kappa shape index (κ1) is 18.7. The Hall–Kier alpha value is -2.69. The minimum Gasteiger partial charge on any atom is -0.370 e. The molecular weight excluding hydrogens is 354 g/mol. The van der Waals surface area contributed by atoms with E-state index in [4.69, 9.17) is 4.74 Å². The van der Waals surface area contributed by atoms with Gasteiger partial charge in [0.15, 0.2) is 0 Å². The summed E-state index contributed by atoms with van der Waals surface area (Å²) in [5.41, 5.74) is 2.40. The first-order valence-electron chi connectivity index (χ1n) is 9.74. The van der Waals surface area contributed by atoms with Crippen LogP contribution in [0.25, 0.3) is 10.9 Å². The van der Waals surface area contributed by atoms with Gasteiger partial charge in [-0.1, -0.05) is 0 Å². The molecule has 2 aliphatic rings. The monoisotopic (exact) mass is 379 g/mol. The molecule has 0 aliphatic carbocycles. The highest BCUT2D eigenvalue weighted by Crippen LogP contribution is 2.30. The number of carbonyl (C=O) groups excluding carboxylic acids is 1. The Bertz CT molecular complexity index is 925. The number of piperazine rings is 1. The van der Waals surface area contributed by atoms with Crippen LogP contribution in [0.5, 0.6) is 0 Å². The summed E-state index contributed by atoms with van der Waals surface area (Å²) >= 11 is 0. The summed E-state index contributed by atoms with van der Waals surface area (Å²) in [5, 5.41) is 13.3. The standard InChI is InChI=1S/C21H25N5O2/c1-14-9-24-20(27)13-25(14)11-17-12-26(10-15(2)28-17)19-6-5-16(8-22)21-18(19)4-3-7-23-21/h3-7,14-15,17H,9-13H2,1-2H3,(H,24,27)/t14-,15-,17-/m1/s1. The SMILES string of the molecule is C[C@@H]1CN(c2ccc(C#N)c3ncccc23)C[C@@H](CN2CC(=O)NC[C@H]2C)O1. The average molecular weight is 379 g/mol. The molecule has 28 heavy (non-hydrogen) atoms. The molecule has 1 amide bonds. The number of nitrogens with zero attached hydrogens (tertiary/aromatic N) is 4. The summed E-state index contributed by atoms with van der Waals surface area (Å²) in [6.07, 6.45) is 1.81. The van der Waals surface area contributed by atoms with Crippen LogP contribution in [0, 0.1) is 11.3 Å². The van der Waals surface area contributed by atoms with Crippen LogP contribution >= 0.6 is 0 Å². The molecule has 146 valence electrons. The average Bonchev–Trinajstić information content (AvgIpc) is 2.69. The summed E-state index contributed by atoms with van der Waals surface area (Å²) in [6, 6.07) is 10.3. The van der Waals surface area contributed by atoms with Crippen molar-refractivity contribution in [3.8, 4) is 6.07 Å². The molecule has 7 heteroatoms. The maximum absolute atomic E-state index is 11.8. The van der Waals surface area contributed by atoms with Crippen molar-refractivity contribution in [1.82, 2.24) is 15.2 Å². The van der Waals surface area contributed by atoms with Gasteiger partial charge in [0.25, 0.3) is 0 Å². The van der Waals surface area contributed by atoms with Crippen molar-refractivity contribution in [1.29, 1.82) is 5.26 Å². The molecule has 1 aromatic heterocycles. The lowest BCUT2D eigenvalue weighted by Crippen LogP contribution is -2.58. The quantitative estimate of drug-likeness (QED) is 0.871. The van der Waals surface area contributed by atoms with Crippen molar-refractivity contribution in [3.63, 3.8) is 0 Å². The number of aromatic nitrogens is 1. The number of amides is 1. The molecule has 1 aromatic carbocycles. The summed E-state index contributed by atoms with van der Waals surface area (Å²) in [6.45, 7) is 7.55. The molecule has 7 nitrogen and oxygen atoms in total. The maximum Gasteiger partial charge on any atom is 0.234 e. The summed E-state index contributed by atoms with van der Waals surface area (Å²) in [7, 11) is 0. The lowest BCUT2D eigenvalue weighted by atomic mass is 10.1. The Kier molecular flexibility index (Phi) is 5.16. The Balaban J connectivity index is 1.58. The summed E-state index contributed by atoms with van der Waals surface area (Å²) < 4.78 is 6.20. The second-order valence-corrected chi connectivity index (χ2v) is 7.70. The fraction of sp³-hybridized carbons (Fsp3) is 0.476. The molecule has 2 aliphatic heterocycles. The number of nitriles is 1. The Labute approximate surface area is 164 Å². The Morgan fingerprint density at radius 3 is 3.00 bits per heavy atom. The highest BCUT2D eigenvalue weighted by Gasteiger charge is 2.31. The van der Waals surface area contributed by atoms with Gasteiger partial charge in [0.2, 0.25) is 5.91 Å². The third-order valence-corrected chi connectivity index (χ3v) is 5.54. The van der Waals surface area contributed by atoms with Crippen LogP contribution in [0.1, 0.15) is 19.4 Å². The van der Waals surface area contributed by atoms with Gasteiger partial charge in [-0.25, -0.2) is 0 Å². The van der Waals surface area contributed by atoms with Gasteiger partial charge in [-0.2, -0.15) is 5.26 Å². The van der Waals surface area contributed by atoms with Crippen molar-refractivity contribution >= 4 is 22.5 Å². The molecule has 0 spiro atoms. The first-order chi connectivity index (χ1) is 13.5. The highest BCUT2D eigenvalue weighted by atomic mass is 16.5. The lowest BCUT2D eigenvalue weighted by Gasteiger charge is -2.42. The summed E-state index contributed by atoms with van der Waals surface area (Å²) in [4.78, 5) is 20.7. The van der Waals surface area contributed by atoms with Crippen molar-refractivity contribution < 1.29 is 9.53 Å². The van der Waals surface area contributed by atoms with E-state index in [-0.39, 0.29) is 18.1 Å². The number of anilines is 1. The van der Waals surface area contributed by atoms with E-state index >= 15 is 0 Å². The number of carbonyl (C=O) groups is 1. The lowest BCUT2D eigenvalue weighted by molar-refractivity contribution is -0.126. The second-order valence-electron chi connectivity index (χ2n) is 7.70. The van der Waals surface area contributed by atoms with Crippen molar-refractivity contribution in [2.75, 3.05) is 37.6 Å². The predicted molar refractivity (Wildman–Crippen MR) is 107 cm³/mol. The smallest absolute Gasteiger partial charge is 0.234 e. The number of fused-ring (bicyclic) bond motifs is 1. The molecule has 0 saturated carbocycles. The molecule has 4 rings (SSSR count). The second kappa shape index (κ2) is 7.74. The van der Waals surface area contributed by atoms with E-state index in [1.54, 1.807) is 6.20 Å². The van der Waals surface area contributed by atoms with E-state index in [0.717, 1.165) is 36.2 Å². The van der Waals surface area contributed by atoms with Crippen LogP contribution in [-0.2, 0) is 9.53 Å². The van der Waals surface area contributed by atoms with E-state index in [1.165, 1.54) is 0 Å². The molecule has 3 atom stereocenters. The fourth-order valence-corrected chi connectivity index (χ4v) is 4.16. The predicted octanol–water partition coefficient (Wildman–Crippen LogP) is 1.52. The van der Waals surface area contributed by atoms with Crippen LogP contribution in [0.15, 0.2) is 30.5 Å². The minimum absolute atomic E-state index is 0.0134. The van der Waals surface area contributed by atoms with Gasteiger partial charge in [-0.15, -0.1) is 0 Å².